The molecule has 0 amide bonds. The summed E-state index contributed by atoms with van der Waals surface area (Å²) in [6.45, 7) is 4.39. The highest BCUT2D eigenvalue weighted by molar-refractivity contribution is 5.46. The van der Waals surface area contributed by atoms with E-state index in [2.05, 4.69) is 43.4 Å². The highest BCUT2D eigenvalue weighted by Gasteiger charge is 2.30. The molecule has 1 unspecified atom stereocenters. The molecule has 1 aromatic carbocycles. The highest BCUT2D eigenvalue weighted by Crippen LogP contribution is 2.34. The van der Waals surface area contributed by atoms with Crippen LogP contribution in [0.2, 0.25) is 0 Å². The van der Waals surface area contributed by atoms with E-state index in [4.69, 9.17) is 0 Å². The number of nitrogens with one attached hydrogen (secondary N) is 1. The van der Waals surface area contributed by atoms with Gasteiger partial charge >= 0.3 is 0 Å². The van der Waals surface area contributed by atoms with E-state index in [-0.39, 0.29) is 12.1 Å². The zero-order chi connectivity index (χ0) is 12.3. The lowest BCUT2D eigenvalue weighted by Gasteiger charge is -2.37. The highest BCUT2D eigenvalue weighted by atomic mass is 16.3. The summed E-state index contributed by atoms with van der Waals surface area (Å²) in [4.78, 5) is 0. The quantitative estimate of drug-likeness (QED) is 0.817. The van der Waals surface area contributed by atoms with Gasteiger partial charge in [-0.3, -0.25) is 0 Å². The first-order chi connectivity index (χ1) is 8.11. The average Bonchev–Trinajstić information content (AvgIpc) is 2.27. The second kappa shape index (κ2) is 5.09. The van der Waals surface area contributed by atoms with Gasteiger partial charge in [0.15, 0.2) is 0 Å². The zero-order valence-electron chi connectivity index (χ0n) is 10.9. The third-order valence-electron chi connectivity index (χ3n) is 3.81. The first-order valence-electron chi connectivity index (χ1n) is 6.57. The van der Waals surface area contributed by atoms with Gasteiger partial charge in [-0.25, -0.2) is 0 Å². The average molecular weight is 233 g/mol. The molecule has 1 atom stereocenters. The number of aryl methyl sites for hydroxylation is 1. The Bertz CT molecular complexity index is 356. The van der Waals surface area contributed by atoms with Gasteiger partial charge in [-0.05, 0) is 38.3 Å². The van der Waals surface area contributed by atoms with Crippen LogP contribution >= 0.6 is 0 Å². The van der Waals surface area contributed by atoms with Crippen LogP contribution in [0.15, 0.2) is 24.3 Å². The summed E-state index contributed by atoms with van der Waals surface area (Å²) in [5.41, 5.74) is 2.19. The van der Waals surface area contributed by atoms with Crippen LogP contribution in [0.25, 0.3) is 0 Å². The first-order valence-corrected chi connectivity index (χ1v) is 6.57. The van der Waals surface area contributed by atoms with Gasteiger partial charge in [-0.15, -0.1) is 0 Å². The van der Waals surface area contributed by atoms with Crippen LogP contribution in [0.1, 0.15) is 38.2 Å². The third kappa shape index (κ3) is 3.22. The van der Waals surface area contributed by atoms with Crippen molar-refractivity contribution < 1.29 is 5.11 Å². The molecule has 1 aromatic rings. The first kappa shape index (κ1) is 12.4. The summed E-state index contributed by atoms with van der Waals surface area (Å²) >= 11 is 0. The summed E-state index contributed by atoms with van der Waals surface area (Å²) in [5, 5.41) is 13.1. The van der Waals surface area contributed by atoms with Crippen LogP contribution in [0, 0.1) is 12.8 Å². The summed E-state index contributed by atoms with van der Waals surface area (Å²) in [6, 6.07) is 8.38. The van der Waals surface area contributed by atoms with Crippen molar-refractivity contribution in [1.29, 1.82) is 0 Å². The lowest BCUT2D eigenvalue weighted by molar-refractivity contribution is 0.168. The van der Waals surface area contributed by atoms with Crippen molar-refractivity contribution >= 4 is 5.69 Å². The monoisotopic (exact) mass is 233 g/mol. The van der Waals surface area contributed by atoms with E-state index in [9.17, 15) is 5.11 Å². The van der Waals surface area contributed by atoms with Crippen LogP contribution in [0.3, 0.4) is 0 Å². The number of hydrogen-bond acceptors (Lipinski definition) is 2. The van der Waals surface area contributed by atoms with Crippen LogP contribution in [-0.4, -0.2) is 17.3 Å². The van der Waals surface area contributed by atoms with E-state index < -0.39 is 0 Å². The lowest BCUT2D eigenvalue weighted by atomic mass is 9.76. The van der Waals surface area contributed by atoms with Gasteiger partial charge in [0.25, 0.3) is 0 Å². The van der Waals surface area contributed by atoms with Gasteiger partial charge < -0.3 is 10.4 Å². The van der Waals surface area contributed by atoms with Crippen molar-refractivity contribution in [3.63, 3.8) is 0 Å². The SMILES string of the molecule is Cc1ccc(NC(C)(CO)CC2CCC2)cc1. The molecule has 17 heavy (non-hydrogen) atoms. The van der Waals surface area contributed by atoms with Gasteiger partial charge in [0.2, 0.25) is 0 Å². The molecule has 2 heteroatoms. The minimum Gasteiger partial charge on any atom is -0.394 e. The standard InChI is InChI=1S/C15H23NO/c1-12-6-8-14(9-7-12)16-15(2,11-17)10-13-4-3-5-13/h6-9,13,16-17H,3-5,10-11H2,1-2H3. The van der Waals surface area contributed by atoms with Gasteiger partial charge in [0, 0.05) is 5.69 Å². The second-order valence-electron chi connectivity index (χ2n) is 5.71. The molecule has 0 aromatic heterocycles. The molecule has 0 saturated heterocycles. The molecule has 0 heterocycles. The van der Waals surface area contributed by atoms with Crippen molar-refractivity contribution in [2.24, 2.45) is 5.92 Å². The van der Waals surface area contributed by atoms with Crippen molar-refractivity contribution in [3.8, 4) is 0 Å². The zero-order valence-corrected chi connectivity index (χ0v) is 10.9. The van der Waals surface area contributed by atoms with E-state index in [0.717, 1.165) is 18.0 Å². The Balaban J connectivity index is 1.99. The maximum absolute atomic E-state index is 9.61. The third-order valence-corrected chi connectivity index (χ3v) is 3.81. The number of benzene rings is 1. The number of hydrogen-bond donors (Lipinski definition) is 2. The minimum absolute atomic E-state index is 0.180. The Morgan fingerprint density at radius 1 is 1.29 bits per heavy atom. The molecule has 0 radical (unpaired) electrons. The molecule has 0 spiro atoms. The largest absolute Gasteiger partial charge is 0.394 e. The second-order valence-corrected chi connectivity index (χ2v) is 5.71. The lowest BCUT2D eigenvalue weighted by Crippen LogP contribution is -2.41. The molecule has 0 aliphatic heterocycles. The number of aliphatic hydroxyl groups is 1. The van der Waals surface area contributed by atoms with Crippen LogP contribution in [-0.2, 0) is 0 Å². The van der Waals surface area contributed by atoms with Gasteiger partial charge in [0.05, 0.1) is 12.1 Å². The van der Waals surface area contributed by atoms with Crippen molar-refractivity contribution in [2.45, 2.75) is 45.1 Å². The Morgan fingerprint density at radius 3 is 2.41 bits per heavy atom. The number of rotatable bonds is 5. The predicted molar refractivity (Wildman–Crippen MR) is 72.3 cm³/mol. The van der Waals surface area contributed by atoms with Crippen molar-refractivity contribution in [1.82, 2.24) is 0 Å². The molecule has 94 valence electrons. The Labute approximate surface area is 104 Å². The Morgan fingerprint density at radius 2 is 1.94 bits per heavy atom. The molecule has 0 bridgehead atoms. The maximum Gasteiger partial charge on any atom is 0.0658 e. The van der Waals surface area contributed by atoms with E-state index >= 15 is 0 Å². The van der Waals surface area contributed by atoms with E-state index in [1.807, 2.05) is 0 Å². The molecule has 1 fully saturated rings. The smallest absolute Gasteiger partial charge is 0.0658 e. The fourth-order valence-electron chi connectivity index (χ4n) is 2.47. The molecule has 1 aliphatic rings. The van der Waals surface area contributed by atoms with E-state index in [1.54, 1.807) is 0 Å². The summed E-state index contributed by atoms with van der Waals surface area (Å²) in [5.74, 6) is 0.796. The molecule has 2 rings (SSSR count). The van der Waals surface area contributed by atoms with E-state index in [1.165, 1.54) is 24.8 Å². The molecule has 1 aliphatic carbocycles. The molecule has 2 N–H and O–H groups in total. The fraction of sp³-hybridized carbons (Fsp3) is 0.600. The molecule has 1 saturated carbocycles. The molecule has 2 nitrogen and oxygen atoms in total. The summed E-state index contributed by atoms with van der Waals surface area (Å²) < 4.78 is 0. The summed E-state index contributed by atoms with van der Waals surface area (Å²) in [6.07, 6.45) is 5.07. The normalized spacial score (nSPS) is 19.5. The van der Waals surface area contributed by atoms with Crippen LogP contribution in [0.4, 0.5) is 5.69 Å². The molecular formula is C15H23NO. The number of aliphatic hydroxyl groups excluding tert-OH is 1. The van der Waals surface area contributed by atoms with Gasteiger partial charge in [-0.2, -0.15) is 0 Å². The van der Waals surface area contributed by atoms with Crippen molar-refractivity contribution in [2.75, 3.05) is 11.9 Å². The minimum atomic E-state index is -0.180. The predicted octanol–water partition coefficient (Wildman–Crippen LogP) is 3.35. The van der Waals surface area contributed by atoms with Crippen LogP contribution in [0.5, 0.6) is 0 Å². The van der Waals surface area contributed by atoms with Gasteiger partial charge in [0.1, 0.15) is 0 Å². The van der Waals surface area contributed by atoms with Gasteiger partial charge in [-0.1, -0.05) is 37.0 Å². The molecular weight excluding hydrogens is 210 g/mol. The van der Waals surface area contributed by atoms with Crippen molar-refractivity contribution in [3.05, 3.63) is 29.8 Å². The number of anilines is 1. The Kier molecular flexibility index (Phi) is 3.72. The van der Waals surface area contributed by atoms with E-state index in [0.29, 0.717) is 0 Å². The van der Waals surface area contributed by atoms with Crippen LogP contribution < -0.4 is 5.32 Å². The fourth-order valence-corrected chi connectivity index (χ4v) is 2.47. The maximum atomic E-state index is 9.61. The summed E-state index contributed by atoms with van der Waals surface area (Å²) in [7, 11) is 0. The topological polar surface area (TPSA) is 32.3 Å². The Hall–Kier alpha value is -1.02.